The zero-order valence-electron chi connectivity index (χ0n) is 12.0. The molecule has 0 saturated heterocycles. The Hall–Kier alpha value is -1.78. The van der Waals surface area contributed by atoms with Gasteiger partial charge in [0.1, 0.15) is 17.3 Å². The quantitative estimate of drug-likeness (QED) is 0.880. The molecule has 0 unspecified atom stereocenters. The molecule has 0 spiro atoms. The predicted molar refractivity (Wildman–Crippen MR) is 81.5 cm³/mol. The van der Waals surface area contributed by atoms with E-state index in [0.29, 0.717) is 23.7 Å². The van der Waals surface area contributed by atoms with Gasteiger partial charge in [-0.2, -0.15) is 0 Å². The molecule has 0 heterocycles. The highest BCUT2D eigenvalue weighted by Gasteiger charge is 2.08. The Morgan fingerprint density at radius 3 is 2.57 bits per heavy atom. The fraction of sp³-hybridized carbons (Fsp3) is 0.250. The topological polar surface area (TPSA) is 30.5 Å². The molecule has 0 bridgehead atoms. The Bertz CT molecular complexity index is 599. The minimum atomic E-state index is -0.309. The molecule has 21 heavy (non-hydrogen) atoms. The zero-order chi connectivity index (χ0) is 15.2. The van der Waals surface area contributed by atoms with Crippen LogP contribution in [0, 0.1) is 5.82 Å². The van der Waals surface area contributed by atoms with Crippen molar-refractivity contribution >= 4 is 11.6 Å². The number of halogens is 2. The molecule has 5 heteroatoms. The van der Waals surface area contributed by atoms with Gasteiger partial charge in [-0.15, -0.1) is 0 Å². The molecule has 3 nitrogen and oxygen atoms in total. The molecule has 0 radical (unpaired) electrons. The number of ether oxygens (including phenoxy) is 2. The van der Waals surface area contributed by atoms with Gasteiger partial charge in [0.05, 0.1) is 14.2 Å². The van der Waals surface area contributed by atoms with Gasteiger partial charge in [0.15, 0.2) is 0 Å². The van der Waals surface area contributed by atoms with Crippen LogP contribution in [0.2, 0.25) is 5.02 Å². The molecule has 0 aromatic heterocycles. The Morgan fingerprint density at radius 2 is 1.90 bits per heavy atom. The van der Waals surface area contributed by atoms with E-state index in [9.17, 15) is 4.39 Å². The first-order valence-electron chi connectivity index (χ1n) is 6.50. The maximum absolute atomic E-state index is 13.7. The van der Waals surface area contributed by atoms with Gasteiger partial charge in [-0.05, 0) is 18.2 Å². The standard InChI is InChI=1S/C16H17ClFNO2/c1-20-12-7-6-11(16(8-12)21-2)9-19-10-13-14(17)4-3-5-15(13)18/h3-8,19H,9-10H2,1-2H3. The van der Waals surface area contributed by atoms with Crippen molar-refractivity contribution in [3.63, 3.8) is 0 Å². The summed E-state index contributed by atoms with van der Waals surface area (Å²) < 4.78 is 24.1. The Balaban J connectivity index is 2.03. The van der Waals surface area contributed by atoms with Crippen molar-refractivity contribution in [3.8, 4) is 11.5 Å². The predicted octanol–water partition coefficient (Wildman–Crippen LogP) is 3.79. The summed E-state index contributed by atoms with van der Waals surface area (Å²) in [5, 5.41) is 3.59. The number of hydrogen-bond donors (Lipinski definition) is 1. The molecule has 0 aliphatic heterocycles. The molecule has 2 rings (SSSR count). The Labute approximate surface area is 128 Å². The molecule has 0 amide bonds. The average molecular weight is 310 g/mol. The summed E-state index contributed by atoms with van der Waals surface area (Å²) in [6.45, 7) is 0.887. The van der Waals surface area contributed by atoms with Crippen LogP contribution >= 0.6 is 11.6 Å². The number of nitrogens with one attached hydrogen (secondary N) is 1. The van der Waals surface area contributed by atoms with E-state index in [4.69, 9.17) is 21.1 Å². The molecule has 112 valence electrons. The van der Waals surface area contributed by atoms with E-state index in [1.165, 1.54) is 6.07 Å². The minimum absolute atomic E-state index is 0.309. The highest BCUT2D eigenvalue weighted by molar-refractivity contribution is 6.31. The average Bonchev–Trinajstić information content (AvgIpc) is 2.50. The summed E-state index contributed by atoms with van der Waals surface area (Å²) in [6, 6.07) is 10.2. The van der Waals surface area contributed by atoms with Gasteiger partial charge < -0.3 is 14.8 Å². The van der Waals surface area contributed by atoms with Gasteiger partial charge in [-0.25, -0.2) is 4.39 Å². The summed E-state index contributed by atoms with van der Waals surface area (Å²) in [5.74, 6) is 1.14. The van der Waals surface area contributed by atoms with E-state index in [0.717, 1.165) is 17.1 Å². The molecule has 0 aliphatic rings. The van der Waals surface area contributed by atoms with E-state index < -0.39 is 0 Å². The van der Waals surface area contributed by atoms with E-state index in [1.54, 1.807) is 26.4 Å². The van der Waals surface area contributed by atoms with Crippen LogP contribution in [0.1, 0.15) is 11.1 Å². The van der Waals surface area contributed by atoms with Gasteiger partial charge >= 0.3 is 0 Å². The third-order valence-electron chi connectivity index (χ3n) is 3.17. The minimum Gasteiger partial charge on any atom is -0.497 e. The first-order chi connectivity index (χ1) is 10.2. The Morgan fingerprint density at radius 1 is 1.10 bits per heavy atom. The van der Waals surface area contributed by atoms with Crippen molar-refractivity contribution < 1.29 is 13.9 Å². The molecule has 0 atom stereocenters. The fourth-order valence-corrected chi connectivity index (χ4v) is 2.25. The molecule has 2 aromatic rings. The van der Waals surface area contributed by atoms with Crippen molar-refractivity contribution in [2.45, 2.75) is 13.1 Å². The van der Waals surface area contributed by atoms with Gasteiger partial charge in [0.25, 0.3) is 0 Å². The second kappa shape index (κ2) is 7.29. The first-order valence-corrected chi connectivity index (χ1v) is 6.88. The van der Waals surface area contributed by atoms with E-state index in [1.807, 2.05) is 18.2 Å². The van der Waals surface area contributed by atoms with Gasteiger partial charge in [-0.1, -0.05) is 23.7 Å². The summed E-state index contributed by atoms with van der Waals surface area (Å²) in [4.78, 5) is 0. The third-order valence-corrected chi connectivity index (χ3v) is 3.53. The highest BCUT2D eigenvalue weighted by Crippen LogP contribution is 2.25. The zero-order valence-corrected chi connectivity index (χ0v) is 12.7. The third kappa shape index (κ3) is 3.86. The lowest BCUT2D eigenvalue weighted by molar-refractivity contribution is 0.389. The summed E-state index contributed by atoms with van der Waals surface area (Å²) in [5.41, 5.74) is 1.43. The normalized spacial score (nSPS) is 10.5. The number of rotatable bonds is 6. The molecule has 0 fully saturated rings. The summed E-state index contributed by atoms with van der Waals surface area (Å²) >= 11 is 5.99. The van der Waals surface area contributed by atoms with Crippen LogP contribution in [-0.2, 0) is 13.1 Å². The van der Waals surface area contributed by atoms with Crippen LogP contribution in [0.15, 0.2) is 36.4 Å². The lowest BCUT2D eigenvalue weighted by Gasteiger charge is -2.12. The first kappa shape index (κ1) is 15.6. The molecule has 2 aromatic carbocycles. The van der Waals surface area contributed by atoms with Gasteiger partial charge in [0, 0.05) is 35.3 Å². The van der Waals surface area contributed by atoms with Crippen molar-refractivity contribution in [3.05, 3.63) is 58.4 Å². The van der Waals surface area contributed by atoms with Crippen molar-refractivity contribution in [2.75, 3.05) is 14.2 Å². The van der Waals surface area contributed by atoms with E-state index in [-0.39, 0.29) is 5.82 Å². The van der Waals surface area contributed by atoms with Crippen LogP contribution in [-0.4, -0.2) is 14.2 Å². The fourth-order valence-electron chi connectivity index (χ4n) is 2.02. The molecule has 0 saturated carbocycles. The number of methoxy groups -OCH3 is 2. The lowest BCUT2D eigenvalue weighted by Crippen LogP contribution is -2.14. The van der Waals surface area contributed by atoms with Crippen LogP contribution in [0.5, 0.6) is 11.5 Å². The van der Waals surface area contributed by atoms with Crippen molar-refractivity contribution in [1.82, 2.24) is 5.32 Å². The second-order valence-corrected chi connectivity index (χ2v) is 4.89. The summed E-state index contributed by atoms with van der Waals surface area (Å²) in [7, 11) is 3.21. The largest absolute Gasteiger partial charge is 0.497 e. The monoisotopic (exact) mass is 309 g/mol. The smallest absolute Gasteiger partial charge is 0.129 e. The summed E-state index contributed by atoms with van der Waals surface area (Å²) in [6.07, 6.45) is 0. The maximum Gasteiger partial charge on any atom is 0.129 e. The van der Waals surface area contributed by atoms with Crippen molar-refractivity contribution in [1.29, 1.82) is 0 Å². The Kier molecular flexibility index (Phi) is 5.42. The van der Waals surface area contributed by atoms with Crippen LogP contribution in [0.4, 0.5) is 4.39 Å². The van der Waals surface area contributed by atoms with Crippen LogP contribution in [0.3, 0.4) is 0 Å². The van der Waals surface area contributed by atoms with Crippen LogP contribution < -0.4 is 14.8 Å². The van der Waals surface area contributed by atoms with Crippen molar-refractivity contribution in [2.24, 2.45) is 0 Å². The maximum atomic E-state index is 13.7. The van der Waals surface area contributed by atoms with Crippen LogP contribution in [0.25, 0.3) is 0 Å². The van der Waals surface area contributed by atoms with E-state index in [2.05, 4.69) is 5.32 Å². The SMILES string of the molecule is COc1ccc(CNCc2c(F)cccc2Cl)c(OC)c1. The lowest BCUT2D eigenvalue weighted by atomic mass is 10.1. The highest BCUT2D eigenvalue weighted by atomic mass is 35.5. The second-order valence-electron chi connectivity index (χ2n) is 4.48. The van der Waals surface area contributed by atoms with Gasteiger partial charge in [0.2, 0.25) is 0 Å². The molecule has 0 aliphatic carbocycles. The van der Waals surface area contributed by atoms with E-state index >= 15 is 0 Å². The molecule has 1 N–H and O–H groups in total. The molecular formula is C16H17ClFNO2. The number of hydrogen-bond acceptors (Lipinski definition) is 3. The molecular weight excluding hydrogens is 293 g/mol. The van der Waals surface area contributed by atoms with Gasteiger partial charge in [-0.3, -0.25) is 0 Å². The number of benzene rings is 2.